The number of amides is 1. The Morgan fingerprint density at radius 3 is 3.00 bits per heavy atom. The van der Waals surface area contributed by atoms with Crippen LogP contribution in [-0.4, -0.2) is 35.4 Å². The summed E-state index contributed by atoms with van der Waals surface area (Å²) < 4.78 is 7.92. The number of nitrogens with zero attached hydrogens (tertiary/aromatic N) is 5. The molecule has 0 atom stereocenters. The summed E-state index contributed by atoms with van der Waals surface area (Å²) in [5.41, 5.74) is 0.710. The van der Waals surface area contributed by atoms with Crippen LogP contribution in [0.15, 0.2) is 39.9 Å². The summed E-state index contributed by atoms with van der Waals surface area (Å²) in [4.78, 5) is 31.5. The van der Waals surface area contributed by atoms with E-state index < -0.39 is 5.91 Å². The molecule has 0 fully saturated rings. The Bertz CT molecular complexity index is 1130. The Kier molecular flexibility index (Phi) is 3.24. The van der Waals surface area contributed by atoms with Crippen LogP contribution in [0.5, 0.6) is 0 Å². The highest BCUT2D eigenvalue weighted by molar-refractivity contribution is 6.01. The van der Waals surface area contributed by atoms with E-state index in [0.29, 0.717) is 22.5 Å². The molecule has 0 aliphatic rings. The molecular weight excluding hydrogens is 326 g/mol. The standard InChI is InChI=1S/C15H13N7O3/c1-8-6-11(17-14(24)10-4-3-5-25-10)22(20-8)15-18-12-9(13(23)19-15)7-16-21(12)2/h3-7H,1-2H3,(H,17,24)(H,18,19,23). The van der Waals surface area contributed by atoms with Crippen LogP contribution in [0.25, 0.3) is 17.0 Å². The molecule has 0 spiro atoms. The SMILES string of the molecule is Cc1cc(NC(=O)c2ccco2)n(-c2nc3c(cnn3C)c(=O)[nH]2)n1. The van der Waals surface area contributed by atoms with Gasteiger partial charge in [0, 0.05) is 13.1 Å². The average Bonchev–Trinajstić information content (AvgIpc) is 3.29. The largest absolute Gasteiger partial charge is 0.459 e. The predicted molar refractivity (Wildman–Crippen MR) is 87.6 cm³/mol. The van der Waals surface area contributed by atoms with E-state index in [1.54, 1.807) is 32.2 Å². The fourth-order valence-corrected chi connectivity index (χ4v) is 2.46. The second-order valence-corrected chi connectivity index (χ2v) is 5.41. The van der Waals surface area contributed by atoms with Crippen molar-refractivity contribution < 1.29 is 9.21 Å². The van der Waals surface area contributed by atoms with Crippen LogP contribution in [0.1, 0.15) is 16.2 Å². The number of furan rings is 1. The maximum atomic E-state index is 12.2. The van der Waals surface area contributed by atoms with Gasteiger partial charge in [-0.15, -0.1) is 0 Å². The molecule has 10 heteroatoms. The zero-order chi connectivity index (χ0) is 17.6. The van der Waals surface area contributed by atoms with Gasteiger partial charge >= 0.3 is 0 Å². The van der Waals surface area contributed by atoms with Gasteiger partial charge in [-0.1, -0.05) is 0 Å². The molecule has 0 saturated heterocycles. The third kappa shape index (κ3) is 2.49. The van der Waals surface area contributed by atoms with Crippen molar-refractivity contribution in [2.45, 2.75) is 6.92 Å². The first-order chi connectivity index (χ1) is 12.0. The lowest BCUT2D eigenvalue weighted by Crippen LogP contribution is -2.18. The molecule has 4 aromatic rings. The minimum absolute atomic E-state index is 0.161. The Balaban J connectivity index is 1.80. The number of anilines is 1. The number of carbonyl (C=O) groups excluding carboxylic acids is 1. The number of aromatic amines is 1. The van der Waals surface area contributed by atoms with Crippen molar-refractivity contribution >= 4 is 22.8 Å². The van der Waals surface area contributed by atoms with E-state index in [2.05, 4.69) is 25.5 Å². The lowest BCUT2D eigenvalue weighted by molar-refractivity contribution is 0.0996. The van der Waals surface area contributed by atoms with Crippen molar-refractivity contribution in [3.8, 4) is 5.95 Å². The molecule has 25 heavy (non-hydrogen) atoms. The average molecular weight is 339 g/mol. The summed E-state index contributed by atoms with van der Waals surface area (Å²) in [6, 6.07) is 4.83. The van der Waals surface area contributed by atoms with Gasteiger partial charge in [0.2, 0.25) is 5.95 Å². The van der Waals surface area contributed by atoms with Gasteiger partial charge in [0.15, 0.2) is 11.4 Å². The summed E-state index contributed by atoms with van der Waals surface area (Å²) in [5.74, 6) is 0.247. The summed E-state index contributed by atoms with van der Waals surface area (Å²) in [6.07, 6.45) is 2.85. The number of aromatic nitrogens is 6. The highest BCUT2D eigenvalue weighted by Crippen LogP contribution is 2.16. The van der Waals surface area contributed by atoms with E-state index in [0.717, 1.165) is 0 Å². The predicted octanol–water partition coefficient (Wildman–Crippen LogP) is 0.996. The lowest BCUT2D eigenvalue weighted by atomic mass is 10.4. The molecule has 1 amide bonds. The van der Waals surface area contributed by atoms with Crippen molar-refractivity contribution in [3.63, 3.8) is 0 Å². The molecule has 4 aromatic heterocycles. The van der Waals surface area contributed by atoms with E-state index in [1.807, 2.05) is 0 Å². The van der Waals surface area contributed by atoms with Crippen LogP contribution in [0, 0.1) is 6.92 Å². The van der Waals surface area contributed by atoms with E-state index in [1.165, 1.54) is 21.8 Å². The number of hydrogen-bond donors (Lipinski definition) is 2. The molecule has 0 saturated carbocycles. The van der Waals surface area contributed by atoms with Crippen LogP contribution in [0.3, 0.4) is 0 Å². The molecule has 0 radical (unpaired) electrons. The maximum Gasteiger partial charge on any atom is 0.292 e. The van der Waals surface area contributed by atoms with E-state index >= 15 is 0 Å². The highest BCUT2D eigenvalue weighted by Gasteiger charge is 2.17. The molecule has 126 valence electrons. The molecular formula is C15H13N7O3. The smallest absolute Gasteiger partial charge is 0.292 e. The number of fused-ring (bicyclic) bond motifs is 1. The van der Waals surface area contributed by atoms with Crippen LogP contribution in [0.2, 0.25) is 0 Å². The summed E-state index contributed by atoms with van der Waals surface area (Å²) >= 11 is 0. The van der Waals surface area contributed by atoms with Gasteiger partial charge in [-0.05, 0) is 19.1 Å². The Morgan fingerprint density at radius 1 is 1.40 bits per heavy atom. The fraction of sp³-hybridized carbons (Fsp3) is 0.133. The topological polar surface area (TPSA) is 124 Å². The van der Waals surface area contributed by atoms with Gasteiger partial charge < -0.3 is 9.73 Å². The van der Waals surface area contributed by atoms with Crippen LogP contribution >= 0.6 is 0 Å². The molecule has 10 nitrogen and oxygen atoms in total. The summed E-state index contributed by atoms with van der Waals surface area (Å²) in [7, 11) is 1.69. The first-order valence-corrected chi connectivity index (χ1v) is 7.37. The minimum Gasteiger partial charge on any atom is -0.459 e. The quantitative estimate of drug-likeness (QED) is 0.574. The highest BCUT2D eigenvalue weighted by atomic mass is 16.3. The Morgan fingerprint density at radius 2 is 2.24 bits per heavy atom. The third-order valence-electron chi connectivity index (χ3n) is 3.61. The van der Waals surface area contributed by atoms with Crippen molar-refractivity contribution in [1.82, 2.24) is 29.5 Å². The molecule has 0 bridgehead atoms. The number of rotatable bonds is 3. The molecule has 0 unspecified atom stereocenters. The van der Waals surface area contributed by atoms with Gasteiger partial charge in [-0.2, -0.15) is 19.9 Å². The van der Waals surface area contributed by atoms with E-state index in [4.69, 9.17) is 4.42 Å². The van der Waals surface area contributed by atoms with Crippen molar-refractivity contribution in [1.29, 1.82) is 0 Å². The molecule has 4 rings (SSSR count). The Labute approximate surface area is 140 Å². The zero-order valence-corrected chi connectivity index (χ0v) is 13.3. The summed E-state index contributed by atoms with van der Waals surface area (Å²) in [6.45, 7) is 1.76. The van der Waals surface area contributed by atoms with E-state index in [9.17, 15) is 9.59 Å². The van der Waals surface area contributed by atoms with Crippen LogP contribution in [-0.2, 0) is 7.05 Å². The molecule has 4 heterocycles. The maximum absolute atomic E-state index is 12.2. The molecule has 0 aromatic carbocycles. The minimum atomic E-state index is -0.435. The van der Waals surface area contributed by atoms with E-state index in [-0.39, 0.29) is 17.3 Å². The van der Waals surface area contributed by atoms with Crippen molar-refractivity contribution in [2.75, 3.05) is 5.32 Å². The number of hydrogen-bond acceptors (Lipinski definition) is 6. The van der Waals surface area contributed by atoms with Crippen molar-refractivity contribution in [3.05, 3.63) is 52.5 Å². The zero-order valence-electron chi connectivity index (χ0n) is 13.3. The number of nitrogens with one attached hydrogen (secondary N) is 2. The van der Waals surface area contributed by atoms with Crippen LogP contribution in [0.4, 0.5) is 5.82 Å². The second kappa shape index (κ2) is 5.44. The normalized spacial score (nSPS) is 11.1. The Hall–Kier alpha value is -3.69. The van der Waals surface area contributed by atoms with Gasteiger partial charge in [0.05, 0.1) is 18.2 Å². The van der Waals surface area contributed by atoms with Gasteiger partial charge in [-0.25, -0.2) is 0 Å². The fourth-order valence-electron chi connectivity index (χ4n) is 2.46. The molecule has 0 aliphatic heterocycles. The molecule has 0 aliphatic carbocycles. The number of H-pyrrole nitrogens is 1. The van der Waals surface area contributed by atoms with Crippen LogP contribution < -0.4 is 10.9 Å². The van der Waals surface area contributed by atoms with Gasteiger partial charge in [0.1, 0.15) is 11.2 Å². The second-order valence-electron chi connectivity index (χ2n) is 5.41. The number of carbonyl (C=O) groups is 1. The first kappa shape index (κ1) is 14.9. The lowest BCUT2D eigenvalue weighted by Gasteiger charge is -2.07. The van der Waals surface area contributed by atoms with Gasteiger partial charge in [-0.3, -0.25) is 19.3 Å². The van der Waals surface area contributed by atoms with Crippen molar-refractivity contribution in [2.24, 2.45) is 7.05 Å². The summed E-state index contributed by atoms with van der Waals surface area (Å²) in [5, 5.41) is 11.4. The monoisotopic (exact) mass is 339 g/mol. The first-order valence-electron chi connectivity index (χ1n) is 7.37. The van der Waals surface area contributed by atoms with Gasteiger partial charge in [0.25, 0.3) is 11.5 Å². The molecule has 2 N–H and O–H groups in total. The number of aryl methyl sites for hydroxylation is 2. The third-order valence-corrected chi connectivity index (χ3v) is 3.61.